The van der Waals surface area contributed by atoms with Crippen LogP contribution >= 0.6 is 0 Å². The fraction of sp³-hybridized carbons (Fsp3) is 0.235. The monoisotopic (exact) mass is 527 g/mol. The molecule has 0 amide bonds. The third kappa shape index (κ3) is 4.34. The molecule has 1 aliphatic rings. The van der Waals surface area contributed by atoms with E-state index < -0.39 is 0 Å². The number of nitrogens with zero attached hydrogens (tertiary/aromatic N) is 5. The fourth-order valence-corrected chi connectivity index (χ4v) is 5.42. The van der Waals surface area contributed by atoms with E-state index in [0.29, 0.717) is 17.2 Å². The van der Waals surface area contributed by atoms with Crippen molar-refractivity contribution in [2.75, 3.05) is 18.6 Å². The molecule has 6 nitrogen and oxygen atoms in total. The third-order valence-electron chi connectivity index (χ3n) is 7.89. The first-order valence-electron chi connectivity index (χ1n) is 13.5. The standard InChI is InChI=1S/C34H33N5O/c1-22-23(2)38(21-37(22)7)26-17-25(35-6)18-28(19-26)40-27-12-13-30-29-10-8-9-11-31(29)39(32(30)20-27)33-16-24(14-15-36-33)34(3,4)5/h8-20H,21H2,1-5,7H3. The predicted octanol–water partition coefficient (Wildman–Crippen LogP) is 8.78. The normalized spacial score (nSPS) is 13.9. The second kappa shape index (κ2) is 9.46. The number of para-hydroxylation sites is 1. The maximum absolute atomic E-state index is 7.69. The molecule has 3 heterocycles. The van der Waals surface area contributed by atoms with E-state index in [4.69, 9.17) is 16.3 Å². The summed E-state index contributed by atoms with van der Waals surface area (Å²) in [5, 5.41) is 2.30. The average molecular weight is 528 g/mol. The lowest BCUT2D eigenvalue weighted by atomic mass is 9.88. The van der Waals surface area contributed by atoms with Gasteiger partial charge in [-0.15, -0.1) is 0 Å². The first-order valence-corrected chi connectivity index (χ1v) is 13.5. The highest BCUT2D eigenvalue weighted by atomic mass is 16.5. The van der Waals surface area contributed by atoms with Crippen molar-refractivity contribution in [2.24, 2.45) is 0 Å². The number of aromatic nitrogens is 2. The Hall–Kier alpha value is -4.76. The van der Waals surface area contributed by atoms with Crippen LogP contribution in [-0.2, 0) is 5.41 Å². The van der Waals surface area contributed by atoms with Gasteiger partial charge in [-0.1, -0.05) is 39.0 Å². The van der Waals surface area contributed by atoms with Crippen LogP contribution in [0.15, 0.2) is 90.4 Å². The zero-order valence-electron chi connectivity index (χ0n) is 23.9. The van der Waals surface area contributed by atoms with E-state index in [0.717, 1.165) is 34.6 Å². The van der Waals surface area contributed by atoms with Crippen molar-refractivity contribution >= 4 is 33.2 Å². The molecular weight excluding hydrogens is 494 g/mol. The topological polar surface area (TPSA) is 37.9 Å². The van der Waals surface area contributed by atoms with Crippen LogP contribution in [0.5, 0.6) is 11.5 Å². The summed E-state index contributed by atoms with van der Waals surface area (Å²) < 4.78 is 8.66. The van der Waals surface area contributed by atoms with Gasteiger partial charge in [0.25, 0.3) is 0 Å². The molecule has 1 aliphatic heterocycles. The van der Waals surface area contributed by atoms with E-state index >= 15 is 0 Å². The molecule has 0 bridgehead atoms. The quantitative estimate of drug-likeness (QED) is 0.219. The lowest BCUT2D eigenvalue weighted by Crippen LogP contribution is -2.24. The molecule has 6 rings (SSSR count). The number of ether oxygens (including phenoxy) is 1. The van der Waals surface area contributed by atoms with Gasteiger partial charge in [-0.05, 0) is 67.3 Å². The molecule has 0 aliphatic carbocycles. The highest BCUT2D eigenvalue weighted by molar-refractivity contribution is 6.09. The van der Waals surface area contributed by atoms with Gasteiger partial charge in [0.15, 0.2) is 5.69 Å². The molecule has 0 spiro atoms. The van der Waals surface area contributed by atoms with Crippen molar-refractivity contribution in [3.05, 3.63) is 107 Å². The highest BCUT2D eigenvalue weighted by Gasteiger charge is 2.23. The van der Waals surface area contributed by atoms with E-state index in [1.54, 1.807) is 6.07 Å². The number of allylic oxidation sites excluding steroid dienone is 2. The summed E-state index contributed by atoms with van der Waals surface area (Å²) >= 11 is 0. The Bertz CT molecular complexity index is 1850. The molecule has 0 atom stereocenters. The second-order valence-corrected chi connectivity index (χ2v) is 11.5. The Morgan fingerprint density at radius 2 is 1.62 bits per heavy atom. The molecule has 2 aromatic heterocycles. The Kier molecular flexibility index (Phi) is 6.03. The molecule has 200 valence electrons. The zero-order valence-corrected chi connectivity index (χ0v) is 23.9. The first kappa shape index (κ1) is 25.5. The van der Waals surface area contributed by atoms with Crippen LogP contribution in [0.1, 0.15) is 40.2 Å². The smallest absolute Gasteiger partial charge is 0.192 e. The van der Waals surface area contributed by atoms with Crippen LogP contribution in [0.2, 0.25) is 0 Å². The summed E-state index contributed by atoms with van der Waals surface area (Å²) in [6.07, 6.45) is 1.89. The van der Waals surface area contributed by atoms with Gasteiger partial charge < -0.3 is 14.5 Å². The maximum Gasteiger partial charge on any atom is 0.192 e. The molecule has 0 radical (unpaired) electrons. The maximum atomic E-state index is 7.69. The van der Waals surface area contributed by atoms with Gasteiger partial charge in [-0.3, -0.25) is 4.57 Å². The Balaban J connectivity index is 1.46. The predicted molar refractivity (Wildman–Crippen MR) is 164 cm³/mol. The Morgan fingerprint density at radius 3 is 2.35 bits per heavy atom. The lowest BCUT2D eigenvalue weighted by molar-refractivity contribution is 0.459. The molecule has 40 heavy (non-hydrogen) atoms. The van der Waals surface area contributed by atoms with Crippen molar-refractivity contribution in [3.8, 4) is 17.3 Å². The van der Waals surface area contributed by atoms with Gasteiger partial charge in [0.2, 0.25) is 0 Å². The number of anilines is 1. The van der Waals surface area contributed by atoms with Gasteiger partial charge >= 0.3 is 0 Å². The van der Waals surface area contributed by atoms with Crippen LogP contribution in [0.25, 0.3) is 32.5 Å². The molecule has 5 aromatic rings. The van der Waals surface area contributed by atoms with Gasteiger partial charge in [0.05, 0.1) is 24.3 Å². The molecule has 0 saturated carbocycles. The molecule has 6 heteroatoms. The molecule has 0 unspecified atom stereocenters. The summed E-state index contributed by atoms with van der Waals surface area (Å²) in [6.45, 7) is 19.3. The fourth-order valence-electron chi connectivity index (χ4n) is 5.42. The number of pyridine rings is 1. The van der Waals surface area contributed by atoms with Crippen LogP contribution in [0.3, 0.4) is 0 Å². The average Bonchev–Trinajstić information content (AvgIpc) is 3.41. The highest BCUT2D eigenvalue weighted by Crippen LogP contribution is 2.38. The summed E-state index contributed by atoms with van der Waals surface area (Å²) in [7, 11) is 2.08. The number of benzene rings is 3. The van der Waals surface area contributed by atoms with Crippen molar-refractivity contribution < 1.29 is 4.74 Å². The lowest BCUT2D eigenvalue weighted by Gasteiger charge is -2.22. The Labute approximate surface area is 235 Å². The minimum atomic E-state index is 0.00653. The number of hydrogen-bond acceptors (Lipinski definition) is 4. The Morgan fingerprint density at radius 1 is 0.850 bits per heavy atom. The van der Waals surface area contributed by atoms with Gasteiger partial charge in [-0.25, -0.2) is 9.83 Å². The minimum Gasteiger partial charge on any atom is -0.459 e. The number of rotatable bonds is 4. The van der Waals surface area contributed by atoms with E-state index in [-0.39, 0.29) is 5.41 Å². The zero-order chi connectivity index (χ0) is 28.2. The van der Waals surface area contributed by atoms with Crippen molar-refractivity contribution in [2.45, 2.75) is 40.0 Å². The molecule has 0 saturated heterocycles. The molecule has 0 N–H and O–H groups in total. The van der Waals surface area contributed by atoms with Crippen LogP contribution in [0.4, 0.5) is 11.4 Å². The van der Waals surface area contributed by atoms with Crippen molar-refractivity contribution in [1.82, 2.24) is 14.5 Å². The summed E-state index contributed by atoms with van der Waals surface area (Å²) in [6, 6.07) is 24.6. The van der Waals surface area contributed by atoms with Crippen LogP contribution < -0.4 is 9.64 Å². The van der Waals surface area contributed by atoms with E-state index in [2.05, 4.69) is 109 Å². The first-order chi connectivity index (χ1) is 19.1. The van der Waals surface area contributed by atoms with Gasteiger partial charge in [0, 0.05) is 53.2 Å². The largest absolute Gasteiger partial charge is 0.459 e. The summed E-state index contributed by atoms with van der Waals surface area (Å²) in [4.78, 5) is 12.9. The third-order valence-corrected chi connectivity index (χ3v) is 7.89. The minimum absolute atomic E-state index is 0.00653. The van der Waals surface area contributed by atoms with Crippen LogP contribution in [0, 0.1) is 6.57 Å². The molecule has 3 aromatic carbocycles. The van der Waals surface area contributed by atoms with E-state index in [9.17, 15) is 0 Å². The van der Waals surface area contributed by atoms with E-state index in [1.165, 1.54) is 22.3 Å². The van der Waals surface area contributed by atoms with Crippen LogP contribution in [-0.4, -0.2) is 28.2 Å². The van der Waals surface area contributed by atoms with Crippen molar-refractivity contribution in [1.29, 1.82) is 0 Å². The number of hydrogen-bond donors (Lipinski definition) is 0. The second-order valence-electron chi connectivity index (χ2n) is 11.5. The van der Waals surface area contributed by atoms with Gasteiger partial charge in [-0.2, -0.15) is 0 Å². The van der Waals surface area contributed by atoms with Crippen molar-refractivity contribution in [3.63, 3.8) is 0 Å². The van der Waals surface area contributed by atoms with E-state index in [1.807, 2.05) is 24.4 Å². The van der Waals surface area contributed by atoms with Gasteiger partial charge in [0.1, 0.15) is 17.3 Å². The number of fused-ring (bicyclic) bond motifs is 3. The molecule has 0 fully saturated rings. The molecular formula is C34H33N5O. The summed E-state index contributed by atoms with van der Waals surface area (Å²) in [5.41, 5.74) is 7.24. The summed E-state index contributed by atoms with van der Waals surface area (Å²) in [5.74, 6) is 2.22. The SMILES string of the molecule is [C-]#[N+]c1cc(Oc2ccc3c4ccccc4n(-c4cc(C(C)(C)C)ccn4)c3c2)cc(N2CN(C)C(C)=C2C)c1.